The Labute approximate surface area is 185 Å². The number of aliphatic carboxylic acids is 1. The second-order valence-corrected chi connectivity index (χ2v) is 10.4. The Balaban J connectivity index is 1.56. The van der Waals surface area contributed by atoms with Gasteiger partial charge in [0.15, 0.2) is 5.82 Å². The maximum absolute atomic E-state index is 11.5. The highest BCUT2D eigenvalue weighted by atomic mass is 79.9. The van der Waals surface area contributed by atoms with Crippen molar-refractivity contribution in [2.24, 2.45) is 0 Å². The highest BCUT2D eigenvalue weighted by Crippen LogP contribution is 2.35. The van der Waals surface area contributed by atoms with Crippen molar-refractivity contribution < 1.29 is 14.6 Å². The second-order valence-electron chi connectivity index (χ2n) is 6.73. The van der Waals surface area contributed by atoms with E-state index in [9.17, 15) is 9.90 Å². The minimum Gasteiger partial charge on any atom is -0.478 e. The number of allylic oxidation sites excluding steroid dienone is 2. The van der Waals surface area contributed by atoms with Crippen LogP contribution in [0.5, 0.6) is 0 Å². The SMILES string of the molecule is CC(CCCOC1C=CC(Br)(Br)C=C1C(=O)O)n1cnnc1-c1cccc(N)n1. The van der Waals surface area contributed by atoms with Gasteiger partial charge in [-0.05, 0) is 38.0 Å². The fourth-order valence-corrected chi connectivity index (χ4v) is 3.84. The Morgan fingerprint density at radius 3 is 2.97 bits per heavy atom. The van der Waals surface area contributed by atoms with Crippen molar-refractivity contribution in [3.63, 3.8) is 0 Å². The van der Waals surface area contributed by atoms with E-state index in [2.05, 4.69) is 54.0 Å². The summed E-state index contributed by atoms with van der Waals surface area (Å²) in [5.41, 5.74) is 6.63. The minimum atomic E-state index is -1.00. The van der Waals surface area contributed by atoms with Gasteiger partial charge in [-0.3, -0.25) is 0 Å². The molecule has 154 valence electrons. The first kappa shape index (κ1) is 21.7. The van der Waals surface area contributed by atoms with Crippen molar-refractivity contribution in [1.29, 1.82) is 0 Å². The number of carbonyl (C=O) groups is 1. The molecule has 0 spiro atoms. The zero-order valence-electron chi connectivity index (χ0n) is 15.7. The Kier molecular flexibility index (Phi) is 6.86. The fourth-order valence-electron chi connectivity index (χ4n) is 3.04. The van der Waals surface area contributed by atoms with Crippen LogP contribution in [-0.2, 0) is 9.53 Å². The number of rotatable bonds is 8. The molecule has 8 nitrogen and oxygen atoms in total. The molecule has 10 heteroatoms. The topological polar surface area (TPSA) is 116 Å². The molecule has 0 bridgehead atoms. The molecule has 0 saturated heterocycles. The van der Waals surface area contributed by atoms with Crippen LogP contribution in [0.25, 0.3) is 11.5 Å². The van der Waals surface area contributed by atoms with Gasteiger partial charge in [-0.25, -0.2) is 9.78 Å². The molecule has 3 N–H and O–H groups in total. The molecule has 0 fully saturated rings. The number of alkyl halides is 2. The van der Waals surface area contributed by atoms with E-state index in [0.29, 0.717) is 23.9 Å². The van der Waals surface area contributed by atoms with Crippen LogP contribution >= 0.6 is 31.9 Å². The van der Waals surface area contributed by atoms with Gasteiger partial charge in [0.1, 0.15) is 27.2 Å². The summed E-state index contributed by atoms with van der Waals surface area (Å²) in [6, 6.07) is 5.51. The highest BCUT2D eigenvalue weighted by molar-refractivity contribution is 9.25. The number of carboxylic acid groups (broad SMARTS) is 1. The van der Waals surface area contributed by atoms with Crippen LogP contribution < -0.4 is 5.73 Å². The third kappa shape index (κ3) is 5.52. The number of nitrogen functional groups attached to an aromatic ring is 1. The van der Waals surface area contributed by atoms with Gasteiger partial charge < -0.3 is 20.1 Å². The zero-order valence-corrected chi connectivity index (χ0v) is 18.9. The van der Waals surface area contributed by atoms with Crippen LogP contribution in [0.2, 0.25) is 0 Å². The van der Waals surface area contributed by atoms with Crippen molar-refractivity contribution in [2.45, 2.75) is 35.1 Å². The first-order valence-electron chi connectivity index (χ1n) is 9.04. The van der Waals surface area contributed by atoms with E-state index in [1.165, 1.54) is 0 Å². The van der Waals surface area contributed by atoms with E-state index in [4.69, 9.17) is 10.5 Å². The van der Waals surface area contributed by atoms with E-state index >= 15 is 0 Å². The average molecular weight is 527 g/mol. The van der Waals surface area contributed by atoms with Crippen molar-refractivity contribution in [3.05, 3.63) is 48.3 Å². The first-order chi connectivity index (χ1) is 13.8. The summed E-state index contributed by atoms with van der Waals surface area (Å²) >= 11 is 6.78. The Bertz CT molecular complexity index is 941. The summed E-state index contributed by atoms with van der Waals surface area (Å²) in [6.45, 7) is 2.49. The predicted octanol–water partition coefficient (Wildman–Crippen LogP) is 3.72. The highest BCUT2D eigenvalue weighted by Gasteiger charge is 2.29. The largest absolute Gasteiger partial charge is 0.478 e. The summed E-state index contributed by atoms with van der Waals surface area (Å²) in [7, 11) is 0. The van der Waals surface area contributed by atoms with Gasteiger partial charge in [0.05, 0.1) is 5.57 Å². The van der Waals surface area contributed by atoms with E-state index in [1.54, 1.807) is 24.5 Å². The molecule has 0 amide bonds. The van der Waals surface area contributed by atoms with Gasteiger partial charge in [0.25, 0.3) is 0 Å². The van der Waals surface area contributed by atoms with Gasteiger partial charge >= 0.3 is 5.97 Å². The molecule has 0 aliphatic heterocycles. The number of halogens is 2. The maximum atomic E-state index is 11.5. The van der Waals surface area contributed by atoms with Gasteiger partial charge in [0.2, 0.25) is 0 Å². The van der Waals surface area contributed by atoms with Gasteiger partial charge in [0, 0.05) is 12.6 Å². The molecule has 2 aromatic heterocycles. The minimum absolute atomic E-state index is 0.112. The smallest absolute Gasteiger partial charge is 0.334 e. The molecular weight excluding hydrogens is 506 g/mol. The van der Waals surface area contributed by atoms with Crippen LogP contribution in [0.15, 0.2) is 48.3 Å². The Morgan fingerprint density at radius 2 is 2.24 bits per heavy atom. The van der Waals surface area contributed by atoms with E-state index < -0.39 is 15.3 Å². The number of carboxylic acids is 1. The van der Waals surface area contributed by atoms with Crippen LogP contribution in [0.4, 0.5) is 5.82 Å². The van der Waals surface area contributed by atoms with Crippen LogP contribution in [-0.4, -0.2) is 46.8 Å². The number of hydrogen-bond acceptors (Lipinski definition) is 6. The molecule has 2 unspecified atom stereocenters. The lowest BCUT2D eigenvalue weighted by Crippen LogP contribution is -2.26. The number of anilines is 1. The summed E-state index contributed by atoms with van der Waals surface area (Å²) in [4.78, 5) is 15.8. The van der Waals surface area contributed by atoms with Gasteiger partial charge in [-0.15, -0.1) is 10.2 Å². The van der Waals surface area contributed by atoms with Crippen LogP contribution in [0.3, 0.4) is 0 Å². The molecular formula is C19H21Br2N5O3. The monoisotopic (exact) mass is 525 g/mol. The number of ether oxygens (including phenoxy) is 1. The molecule has 0 radical (unpaired) electrons. The predicted molar refractivity (Wildman–Crippen MR) is 117 cm³/mol. The summed E-state index contributed by atoms with van der Waals surface area (Å²) < 4.78 is 7.10. The molecule has 3 rings (SSSR count). The summed E-state index contributed by atoms with van der Waals surface area (Å²) in [5.74, 6) is 0.0830. The van der Waals surface area contributed by atoms with E-state index in [-0.39, 0.29) is 11.6 Å². The van der Waals surface area contributed by atoms with E-state index in [1.807, 2.05) is 22.8 Å². The van der Waals surface area contributed by atoms with Crippen molar-refractivity contribution in [3.8, 4) is 11.5 Å². The van der Waals surface area contributed by atoms with E-state index in [0.717, 1.165) is 12.8 Å². The molecule has 1 aliphatic rings. The Morgan fingerprint density at radius 1 is 1.45 bits per heavy atom. The van der Waals surface area contributed by atoms with Crippen molar-refractivity contribution in [1.82, 2.24) is 19.7 Å². The summed E-state index contributed by atoms with van der Waals surface area (Å²) in [6.07, 6.45) is 7.78. The number of nitrogens with zero attached hydrogens (tertiary/aromatic N) is 4. The third-order valence-electron chi connectivity index (χ3n) is 4.51. The maximum Gasteiger partial charge on any atom is 0.334 e. The fraction of sp³-hybridized carbons (Fsp3) is 0.368. The number of nitrogens with two attached hydrogens (primary N) is 1. The molecule has 2 aromatic rings. The lowest BCUT2D eigenvalue weighted by molar-refractivity contribution is -0.133. The normalized spacial score (nSPS) is 19.0. The van der Waals surface area contributed by atoms with Crippen LogP contribution in [0, 0.1) is 0 Å². The number of aromatic nitrogens is 4. The quantitative estimate of drug-likeness (QED) is 0.306. The number of hydrogen-bond donors (Lipinski definition) is 2. The lowest BCUT2D eigenvalue weighted by atomic mass is 10.0. The summed E-state index contributed by atoms with van der Waals surface area (Å²) in [5, 5.41) is 17.6. The second kappa shape index (κ2) is 9.19. The molecule has 0 aromatic carbocycles. The number of pyridine rings is 1. The van der Waals surface area contributed by atoms with Gasteiger partial charge in [-0.2, -0.15) is 0 Å². The van der Waals surface area contributed by atoms with Crippen molar-refractivity contribution >= 4 is 43.6 Å². The first-order valence-corrected chi connectivity index (χ1v) is 10.6. The van der Waals surface area contributed by atoms with Crippen LogP contribution in [0.1, 0.15) is 25.8 Å². The Hall–Kier alpha value is -2.04. The zero-order chi connectivity index (χ0) is 21.0. The molecule has 0 saturated carbocycles. The third-order valence-corrected chi connectivity index (χ3v) is 5.49. The molecule has 29 heavy (non-hydrogen) atoms. The average Bonchev–Trinajstić information content (AvgIpc) is 3.15. The lowest BCUT2D eigenvalue weighted by Gasteiger charge is -2.24. The molecule has 2 atom stereocenters. The standard InChI is InChI=1S/C19H21Br2N5O3/c1-12(26-11-23-25-17(26)14-5-2-6-16(22)24-14)4-3-9-29-15-7-8-19(20,21)10-13(15)18(27)28/h2,5-8,10-12,15H,3-4,9H2,1H3,(H2,22,24)(H,27,28). The molecule has 1 aliphatic carbocycles. The van der Waals surface area contributed by atoms with Crippen molar-refractivity contribution in [2.75, 3.05) is 12.3 Å². The van der Waals surface area contributed by atoms with Gasteiger partial charge in [-0.1, -0.05) is 50.1 Å². The molecule has 2 heterocycles.